The Bertz CT molecular complexity index is 710. The highest BCUT2D eigenvalue weighted by molar-refractivity contribution is 7.85. The van der Waals surface area contributed by atoms with Crippen LogP contribution in [-0.4, -0.2) is 53.4 Å². The van der Waals surface area contributed by atoms with Crippen molar-refractivity contribution in [2.45, 2.75) is 0 Å². The lowest BCUT2D eigenvalue weighted by atomic mass is 10.2. The van der Waals surface area contributed by atoms with Crippen molar-refractivity contribution < 1.29 is 37.0 Å². The third-order valence-corrected chi connectivity index (χ3v) is 3.63. The monoisotopic (exact) mass is 366 g/mol. The third-order valence-electron chi connectivity index (χ3n) is 2.25. The summed E-state index contributed by atoms with van der Waals surface area (Å²) in [5.74, 6) is -1.39. The minimum atomic E-state index is -4.41. The zero-order valence-corrected chi connectivity index (χ0v) is 13.4. The first-order chi connectivity index (χ1) is 10.6. The molecule has 0 atom stereocenters. The van der Waals surface area contributed by atoms with Gasteiger partial charge in [-0.1, -0.05) is 17.3 Å². The van der Waals surface area contributed by atoms with Crippen LogP contribution in [0.25, 0.3) is 0 Å². The Balaban J connectivity index is 2.47. The molecule has 23 heavy (non-hydrogen) atoms. The SMILES string of the molecule is O=C(CP(=O)(O)O)Nc1ccc(C=NOCCS(=O)(=O)O)cc1. The largest absolute Gasteiger partial charge is 0.395 e. The number of hydrogen-bond acceptors (Lipinski definition) is 6. The molecule has 0 aliphatic rings. The number of benzene rings is 1. The van der Waals surface area contributed by atoms with Crippen molar-refractivity contribution in [2.24, 2.45) is 5.16 Å². The molecule has 1 aromatic carbocycles. The number of rotatable bonds is 8. The van der Waals surface area contributed by atoms with Crippen LogP contribution < -0.4 is 5.32 Å². The summed E-state index contributed by atoms with van der Waals surface area (Å²) in [4.78, 5) is 33.3. The van der Waals surface area contributed by atoms with Gasteiger partial charge in [-0.25, -0.2) is 0 Å². The molecular formula is C11H15N2O8PS. The second kappa shape index (κ2) is 8.18. The van der Waals surface area contributed by atoms with Gasteiger partial charge in [0.15, 0.2) is 0 Å². The van der Waals surface area contributed by atoms with Crippen LogP contribution in [0.2, 0.25) is 0 Å². The lowest BCUT2D eigenvalue weighted by molar-refractivity contribution is -0.114. The van der Waals surface area contributed by atoms with E-state index in [2.05, 4.69) is 15.3 Å². The lowest BCUT2D eigenvalue weighted by Gasteiger charge is -2.06. The van der Waals surface area contributed by atoms with Gasteiger partial charge in [0, 0.05) is 5.69 Å². The lowest BCUT2D eigenvalue weighted by Crippen LogP contribution is -2.16. The summed E-state index contributed by atoms with van der Waals surface area (Å²) in [6, 6.07) is 6.06. The Hall–Kier alpha value is -1.78. The molecule has 4 N–H and O–H groups in total. The van der Waals surface area contributed by atoms with E-state index in [1.54, 1.807) is 12.1 Å². The van der Waals surface area contributed by atoms with Crippen molar-refractivity contribution in [3.63, 3.8) is 0 Å². The molecular weight excluding hydrogens is 351 g/mol. The van der Waals surface area contributed by atoms with Crippen LogP contribution in [0.3, 0.4) is 0 Å². The molecule has 0 aromatic heterocycles. The van der Waals surface area contributed by atoms with Crippen LogP contribution in [0.4, 0.5) is 5.69 Å². The van der Waals surface area contributed by atoms with Crippen LogP contribution in [0.15, 0.2) is 29.4 Å². The molecule has 0 saturated heterocycles. The molecule has 0 aliphatic heterocycles. The summed E-state index contributed by atoms with van der Waals surface area (Å²) in [5, 5.41) is 5.81. The first-order valence-corrected chi connectivity index (χ1v) is 9.51. The molecule has 1 aromatic rings. The van der Waals surface area contributed by atoms with Gasteiger partial charge in [0.05, 0.1) is 6.21 Å². The van der Waals surface area contributed by atoms with Gasteiger partial charge in [0.25, 0.3) is 10.1 Å². The number of carbonyl (C=O) groups is 1. The molecule has 12 heteroatoms. The Morgan fingerprint density at radius 1 is 1.30 bits per heavy atom. The Morgan fingerprint density at radius 3 is 2.43 bits per heavy atom. The van der Waals surface area contributed by atoms with Gasteiger partial charge in [0.1, 0.15) is 18.5 Å². The van der Waals surface area contributed by atoms with E-state index in [0.29, 0.717) is 11.3 Å². The number of hydrogen-bond donors (Lipinski definition) is 4. The van der Waals surface area contributed by atoms with E-state index < -0.39 is 35.5 Å². The highest BCUT2D eigenvalue weighted by Crippen LogP contribution is 2.33. The number of oxime groups is 1. The van der Waals surface area contributed by atoms with E-state index in [1.165, 1.54) is 18.3 Å². The highest BCUT2D eigenvalue weighted by atomic mass is 32.2. The molecule has 0 unspecified atom stereocenters. The first-order valence-electron chi connectivity index (χ1n) is 6.10. The molecule has 0 fully saturated rings. The maximum Gasteiger partial charge on any atom is 0.334 e. The van der Waals surface area contributed by atoms with Crippen LogP contribution >= 0.6 is 7.60 Å². The van der Waals surface area contributed by atoms with Crippen LogP contribution in [0.5, 0.6) is 0 Å². The first kappa shape index (κ1) is 19.3. The van der Waals surface area contributed by atoms with Gasteiger partial charge in [0.2, 0.25) is 5.91 Å². The average Bonchev–Trinajstić information content (AvgIpc) is 2.36. The van der Waals surface area contributed by atoms with Gasteiger partial charge in [-0.15, -0.1) is 0 Å². The van der Waals surface area contributed by atoms with E-state index in [1.807, 2.05) is 0 Å². The summed E-state index contributed by atoms with van der Waals surface area (Å²) >= 11 is 0. The predicted molar refractivity (Wildman–Crippen MR) is 81.9 cm³/mol. The smallest absolute Gasteiger partial charge is 0.334 e. The minimum Gasteiger partial charge on any atom is -0.395 e. The number of nitrogens with one attached hydrogen (secondary N) is 1. The van der Waals surface area contributed by atoms with E-state index in [-0.39, 0.29) is 6.61 Å². The maximum atomic E-state index is 11.3. The van der Waals surface area contributed by atoms with Crippen LogP contribution in [0, 0.1) is 0 Å². The van der Waals surface area contributed by atoms with Gasteiger partial charge < -0.3 is 19.9 Å². The molecule has 0 spiro atoms. The summed E-state index contributed by atoms with van der Waals surface area (Å²) in [6.45, 7) is -0.300. The molecule has 128 valence electrons. The fourth-order valence-electron chi connectivity index (χ4n) is 1.33. The highest BCUT2D eigenvalue weighted by Gasteiger charge is 2.18. The normalized spacial score (nSPS) is 12.3. The van der Waals surface area contributed by atoms with Crippen LogP contribution in [0.1, 0.15) is 5.56 Å². The Kier molecular flexibility index (Phi) is 6.85. The number of nitrogens with zero attached hydrogens (tertiary/aromatic N) is 1. The average molecular weight is 366 g/mol. The molecule has 1 amide bonds. The van der Waals surface area contributed by atoms with Crippen LogP contribution in [-0.2, 0) is 24.3 Å². The molecule has 1 rings (SSSR count). The van der Waals surface area contributed by atoms with Crippen molar-refractivity contribution in [3.8, 4) is 0 Å². The van der Waals surface area contributed by atoms with Crippen molar-refractivity contribution in [1.82, 2.24) is 0 Å². The van der Waals surface area contributed by atoms with E-state index in [9.17, 15) is 17.8 Å². The topological polar surface area (TPSA) is 163 Å². The summed E-state index contributed by atoms with van der Waals surface area (Å²) in [7, 11) is -8.51. The Morgan fingerprint density at radius 2 is 1.91 bits per heavy atom. The zero-order chi connectivity index (χ0) is 17.5. The fourth-order valence-corrected chi connectivity index (χ4v) is 2.07. The summed E-state index contributed by atoms with van der Waals surface area (Å²) in [6.07, 6.45) is 0.378. The van der Waals surface area contributed by atoms with Crippen molar-refractivity contribution >= 4 is 35.5 Å². The van der Waals surface area contributed by atoms with Gasteiger partial charge in [-0.3, -0.25) is 13.9 Å². The Labute approximate surface area is 132 Å². The third kappa shape index (κ3) is 9.76. The second-order valence-corrected chi connectivity index (χ2v) is 7.56. The van der Waals surface area contributed by atoms with E-state index in [4.69, 9.17) is 14.3 Å². The van der Waals surface area contributed by atoms with Gasteiger partial charge in [-0.2, -0.15) is 8.42 Å². The summed E-state index contributed by atoms with van der Waals surface area (Å²) in [5.41, 5.74) is 0.915. The number of carbonyl (C=O) groups excluding carboxylic acids is 1. The van der Waals surface area contributed by atoms with Crippen molar-refractivity contribution in [1.29, 1.82) is 0 Å². The number of anilines is 1. The molecule has 0 heterocycles. The maximum absolute atomic E-state index is 11.3. The number of amides is 1. The van der Waals surface area contributed by atoms with Gasteiger partial charge >= 0.3 is 7.60 Å². The zero-order valence-electron chi connectivity index (χ0n) is 11.7. The molecule has 0 aliphatic carbocycles. The second-order valence-electron chi connectivity index (χ2n) is 4.35. The van der Waals surface area contributed by atoms with Crippen molar-refractivity contribution in [2.75, 3.05) is 23.8 Å². The molecule has 0 bridgehead atoms. The standard InChI is InChI=1S/C11H15N2O8PS/c14-11(8-22(15,16)17)13-10-3-1-9(2-4-10)7-12-21-5-6-23(18,19)20/h1-4,7H,5-6,8H2,(H,13,14)(H2,15,16,17)(H,18,19,20). The van der Waals surface area contributed by atoms with E-state index in [0.717, 1.165) is 0 Å². The molecule has 0 saturated carbocycles. The summed E-state index contributed by atoms with van der Waals surface area (Å²) < 4.78 is 40.0. The molecule has 0 radical (unpaired) electrons. The van der Waals surface area contributed by atoms with Gasteiger partial charge in [-0.05, 0) is 17.7 Å². The van der Waals surface area contributed by atoms with Crippen molar-refractivity contribution in [3.05, 3.63) is 29.8 Å². The van der Waals surface area contributed by atoms with E-state index >= 15 is 0 Å². The fraction of sp³-hybridized carbons (Fsp3) is 0.273. The molecule has 10 nitrogen and oxygen atoms in total. The minimum absolute atomic E-state index is 0.300. The predicted octanol–water partition coefficient (Wildman–Crippen LogP) is 0.0411. The quantitative estimate of drug-likeness (QED) is 0.165.